The Morgan fingerprint density at radius 2 is 1.90 bits per heavy atom. The number of Topliss-reactive ketones (excluding diaryl/α,β-unsaturated/α-hetero) is 1. The molecule has 5 nitrogen and oxygen atoms in total. The fourth-order valence-corrected chi connectivity index (χ4v) is 2.12. The molecule has 0 aromatic heterocycles. The number of fused-ring (bicyclic) bond motifs is 1. The van der Waals surface area contributed by atoms with Gasteiger partial charge in [0.05, 0.1) is 12.5 Å². The topological polar surface area (TPSA) is 75.6 Å². The SMILES string of the molecule is CN[C@@H](CC(=O)O)C(=O)COc1cccc2ccccc12. The van der Waals surface area contributed by atoms with Gasteiger partial charge >= 0.3 is 5.97 Å². The molecule has 0 saturated carbocycles. The van der Waals surface area contributed by atoms with E-state index in [1.807, 2.05) is 36.4 Å². The Kier molecular flexibility index (Phi) is 4.90. The first-order valence-corrected chi connectivity index (χ1v) is 6.64. The fourth-order valence-electron chi connectivity index (χ4n) is 2.12. The zero-order chi connectivity index (χ0) is 15.2. The molecule has 0 amide bonds. The number of aliphatic carboxylic acids is 1. The number of carbonyl (C=O) groups excluding carboxylic acids is 1. The van der Waals surface area contributed by atoms with Crippen molar-refractivity contribution in [2.24, 2.45) is 0 Å². The van der Waals surface area contributed by atoms with Crippen molar-refractivity contribution in [3.8, 4) is 5.75 Å². The highest BCUT2D eigenvalue weighted by Crippen LogP contribution is 2.25. The average Bonchev–Trinajstić information content (AvgIpc) is 2.50. The van der Waals surface area contributed by atoms with Crippen molar-refractivity contribution in [2.75, 3.05) is 13.7 Å². The molecule has 2 aromatic rings. The van der Waals surface area contributed by atoms with Crippen LogP contribution in [0.25, 0.3) is 10.8 Å². The Morgan fingerprint density at radius 1 is 1.19 bits per heavy atom. The van der Waals surface area contributed by atoms with Crippen LogP contribution in [0.15, 0.2) is 42.5 Å². The molecule has 21 heavy (non-hydrogen) atoms. The molecule has 5 heteroatoms. The van der Waals surface area contributed by atoms with Crippen molar-refractivity contribution < 1.29 is 19.4 Å². The minimum atomic E-state index is -1.02. The van der Waals surface area contributed by atoms with Gasteiger partial charge in [0.25, 0.3) is 0 Å². The Morgan fingerprint density at radius 3 is 2.62 bits per heavy atom. The Labute approximate surface area is 122 Å². The molecule has 0 heterocycles. The summed E-state index contributed by atoms with van der Waals surface area (Å²) in [6.07, 6.45) is -0.256. The molecule has 110 valence electrons. The highest BCUT2D eigenvalue weighted by atomic mass is 16.5. The quantitative estimate of drug-likeness (QED) is 0.813. The monoisotopic (exact) mass is 287 g/mol. The number of nitrogens with one attached hydrogen (secondary N) is 1. The third-order valence-corrected chi connectivity index (χ3v) is 3.24. The zero-order valence-electron chi connectivity index (χ0n) is 11.7. The molecule has 2 aromatic carbocycles. The van der Waals surface area contributed by atoms with E-state index in [1.165, 1.54) is 0 Å². The smallest absolute Gasteiger partial charge is 0.305 e. The van der Waals surface area contributed by atoms with Crippen molar-refractivity contribution in [2.45, 2.75) is 12.5 Å². The Balaban J connectivity index is 2.07. The molecule has 0 aliphatic rings. The van der Waals surface area contributed by atoms with Crippen LogP contribution < -0.4 is 10.1 Å². The van der Waals surface area contributed by atoms with Gasteiger partial charge in [-0.3, -0.25) is 9.59 Å². The lowest BCUT2D eigenvalue weighted by Gasteiger charge is -2.14. The van der Waals surface area contributed by atoms with Crippen LogP contribution in [0.5, 0.6) is 5.75 Å². The van der Waals surface area contributed by atoms with Crippen LogP contribution in [0.4, 0.5) is 0 Å². The number of hydrogen-bond donors (Lipinski definition) is 2. The number of carboxylic acid groups (broad SMARTS) is 1. The highest BCUT2D eigenvalue weighted by Gasteiger charge is 2.20. The highest BCUT2D eigenvalue weighted by molar-refractivity contribution is 5.91. The summed E-state index contributed by atoms with van der Waals surface area (Å²) in [6.45, 7) is -0.160. The lowest BCUT2D eigenvalue weighted by atomic mass is 10.1. The second-order valence-electron chi connectivity index (χ2n) is 4.67. The lowest BCUT2D eigenvalue weighted by molar-refractivity contribution is -0.139. The Hall–Kier alpha value is -2.40. The number of ketones is 1. The van der Waals surface area contributed by atoms with E-state index in [2.05, 4.69) is 5.32 Å². The second kappa shape index (κ2) is 6.85. The van der Waals surface area contributed by atoms with Crippen LogP contribution in [-0.4, -0.2) is 36.6 Å². The third kappa shape index (κ3) is 3.79. The number of rotatable bonds is 7. The summed E-state index contributed by atoms with van der Waals surface area (Å²) in [5, 5.41) is 13.4. The number of ether oxygens (including phenoxy) is 1. The van der Waals surface area contributed by atoms with Gasteiger partial charge in [-0.05, 0) is 18.5 Å². The van der Waals surface area contributed by atoms with E-state index < -0.39 is 12.0 Å². The average molecular weight is 287 g/mol. The minimum absolute atomic E-state index is 0.160. The third-order valence-electron chi connectivity index (χ3n) is 3.24. The number of hydrogen-bond acceptors (Lipinski definition) is 4. The summed E-state index contributed by atoms with van der Waals surface area (Å²) in [6, 6.07) is 12.6. The van der Waals surface area contributed by atoms with Crippen molar-refractivity contribution in [1.29, 1.82) is 0 Å². The normalized spacial score (nSPS) is 12.0. The number of carboxylic acids is 1. The molecule has 2 N–H and O–H groups in total. The van der Waals surface area contributed by atoms with Gasteiger partial charge < -0.3 is 15.2 Å². The summed E-state index contributed by atoms with van der Waals surface area (Å²) in [5.74, 6) is -0.688. The largest absolute Gasteiger partial charge is 0.485 e. The van der Waals surface area contributed by atoms with Gasteiger partial charge in [-0.15, -0.1) is 0 Å². The van der Waals surface area contributed by atoms with Gasteiger partial charge in [-0.2, -0.15) is 0 Å². The standard InChI is InChI=1S/C16H17NO4/c1-17-13(9-16(19)20)14(18)10-21-15-8-4-6-11-5-2-3-7-12(11)15/h2-8,13,17H,9-10H2,1H3,(H,19,20)/t13-/m0/s1. The van der Waals surface area contributed by atoms with Gasteiger partial charge in [0.1, 0.15) is 12.4 Å². The second-order valence-corrected chi connectivity index (χ2v) is 4.67. The first-order chi connectivity index (χ1) is 10.1. The van der Waals surface area contributed by atoms with Crippen LogP contribution in [0, 0.1) is 0 Å². The van der Waals surface area contributed by atoms with Crippen molar-refractivity contribution in [3.05, 3.63) is 42.5 Å². The van der Waals surface area contributed by atoms with Crippen LogP contribution in [-0.2, 0) is 9.59 Å². The Bertz CT molecular complexity index is 648. The van der Waals surface area contributed by atoms with E-state index in [4.69, 9.17) is 9.84 Å². The van der Waals surface area contributed by atoms with Crippen molar-refractivity contribution in [3.63, 3.8) is 0 Å². The molecule has 0 aliphatic carbocycles. The van der Waals surface area contributed by atoms with Crippen LogP contribution in [0.2, 0.25) is 0 Å². The van der Waals surface area contributed by atoms with Crippen molar-refractivity contribution in [1.82, 2.24) is 5.32 Å². The molecule has 0 bridgehead atoms. The molecule has 0 radical (unpaired) electrons. The molecule has 0 unspecified atom stereocenters. The molecular weight excluding hydrogens is 270 g/mol. The number of carbonyl (C=O) groups is 2. The predicted octanol–water partition coefficient (Wildman–Crippen LogP) is 1.85. The molecule has 0 saturated heterocycles. The van der Waals surface area contributed by atoms with E-state index >= 15 is 0 Å². The summed E-state index contributed by atoms with van der Waals surface area (Å²) < 4.78 is 5.56. The molecule has 0 fully saturated rings. The molecule has 0 aliphatic heterocycles. The molecular formula is C16H17NO4. The minimum Gasteiger partial charge on any atom is -0.485 e. The van der Waals surface area contributed by atoms with E-state index in [-0.39, 0.29) is 18.8 Å². The first kappa shape index (κ1) is 15.0. The van der Waals surface area contributed by atoms with Gasteiger partial charge in [0, 0.05) is 5.39 Å². The first-order valence-electron chi connectivity index (χ1n) is 6.64. The van der Waals surface area contributed by atoms with Gasteiger partial charge in [0.15, 0.2) is 5.78 Å². The maximum atomic E-state index is 12.0. The predicted molar refractivity (Wildman–Crippen MR) is 79.6 cm³/mol. The van der Waals surface area contributed by atoms with Crippen LogP contribution in [0.1, 0.15) is 6.42 Å². The fraction of sp³-hybridized carbons (Fsp3) is 0.250. The van der Waals surface area contributed by atoms with E-state index in [0.29, 0.717) is 5.75 Å². The lowest BCUT2D eigenvalue weighted by Crippen LogP contribution is -2.39. The molecule has 1 atom stereocenters. The van der Waals surface area contributed by atoms with E-state index in [0.717, 1.165) is 10.8 Å². The van der Waals surface area contributed by atoms with Crippen molar-refractivity contribution >= 4 is 22.5 Å². The molecule has 0 spiro atoms. The summed E-state index contributed by atoms with van der Waals surface area (Å²) in [5.41, 5.74) is 0. The van der Waals surface area contributed by atoms with Crippen LogP contribution >= 0.6 is 0 Å². The van der Waals surface area contributed by atoms with Gasteiger partial charge in [-0.1, -0.05) is 36.4 Å². The van der Waals surface area contributed by atoms with Gasteiger partial charge in [0.2, 0.25) is 0 Å². The summed E-state index contributed by atoms with van der Waals surface area (Å²) in [7, 11) is 1.56. The number of likely N-dealkylation sites (N-methyl/N-ethyl adjacent to an activating group) is 1. The zero-order valence-corrected chi connectivity index (χ0v) is 11.7. The maximum Gasteiger partial charge on any atom is 0.305 e. The summed E-state index contributed by atoms with van der Waals surface area (Å²) in [4.78, 5) is 22.7. The number of benzene rings is 2. The van der Waals surface area contributed by atoms with E-state index in [1.54, 1.807) is 13.1 Å². The van der Waals surface area contributed by atoms with E-state index in [9.17, 15) is 9.59 Å². The maximum absolute atomic E-state index is 12.0. The van der Waals surface area contributed by atoms with Gasteiger partial charge in [-0.25, -0.2) is 0 Å². The summed E-state index contributed by atoms with van der Waals surface area (Å²) >= 11 is 0. The molecule has 2 rings (SSSR count). The van der Waals surface area contributed by atoms with Crippen LogP contribution in [0.3, 0.4) is 0 Å².